The van der Waals surface area contributed by atoms with Crippen LogP contribution in [0.5, 0.6) is 0 Å². The lowest BCUT2D eigenvalue weighted by Crippen LogP contribution is -2.33. The highest BCUT2D eigenvalue weighted by atomic mass is 32.2. The molecule has 0 radical (unpaired) electrons. The second kappa shape index (κ2) is 6.59. The first kappa shape index (κ1) is 18.7. The van der Waals surface area contributed by atoms with Crippen LogP contribution >= 0.6 is 0 Å². The molecule has 0 atom stereocenters. The predicted octanol–water partition coefficient (Wildman–Crippen LogP) is 0.498. The van der Waals surface area contributed by atoms with Crippen molar-refractivity contribution in [1.82, 2.24) is 5.06 Å². The summed E-state index contributed by atoms with van der Waals surface area (Å²) in [4.78, 5) is 51.5. The molecule has 1 fully saturated rings. The molecule has 2 amide bonds. The molecule has 11 heteroatoms. The molecule has 1 aliphatic rings. The molecule has 27 heavy (non-hydrogen) atoms. The number of imide groups is 1. The molecule has 10 nitrogen and oxygen atoms in total. The van der Waals surface area contributed by atoms with Crippen LogP contribution in [-0.2, 0) is 35.8 Å². The maximum Gasteiger partial charge on any atom is 0.340 e. The molecule has 0 aliphatic carbocycles. The third-order valence-corrected chi connectivity index (χ3v) is 4.92. The lowest BCUT2D eigenvalue weighted by atomic mass is 10.0. The summed E-state index contributed by atoms with van der Waals surface area (Å²) < 4.78 is 36.8. The maximum atomic E-state index is 12.1. The van der Waals surface area contributed by atoms with Gasteiger partial charge in [-0.3, -0.25) is 14.1 Å². The van der Waals surface area contributed by atoms with Crippen LogP contribution in [0.2, 0.25) is 0 Å². The van der Waals surface area contributed by atoms with Crippen molar-refractivity contribution in [3.05, 3.63) is 39.7 Å². The van der Waals surface area contributed by atoms with Crippen LogP contribution in [-0.4, -0.2) is 35.8 Å². The van der Waals surface area contributed by atoms with Crippen molar-refractivity contribution in [2.75, 3.05) is 0 Å². The van der Waals surface area contributed by atoms with Gasteiger partial charge >= 0.3 is 11.6 Å². The second-order valence-electron chi connectivity index (χ2n) is 5.85. The fourth-order valence-electron chi connectivity index (χ4n) is 2.67. The molecule has 3 rings (SSSR count). The highest BCUT2D eigenvalue weighted by Gasteiger charge is 2.33. The molecule has 1 N–H and O–H groups in total. The van der Waals surface area contributed by atoms with Gasteiger partial charge in [0.25, 0.3) is 21.9 Å². The summed E-state index contributed by atoms with van der Waals surface area (Å²) in [6.07, 6.45) is -0.736. The molecule has 1 aliphatic heterocycles. The first-order valence-corrected chi connectivity index (χ1v) is 9.12. The van der Waals surface area contributed by atoms with E-state index in [1.54, 1.807) is 0 Å². The van der Waals surface area contributed by atoms with Gasteiger partial charge in [-0.25, -0.2) is 9.59 Å². The van der Waals surface area contributed by atoms with E-state index >= 15 is 0 Å². The number of hydrogen-bond acceptors (Lipinski definition) is 8. The summed E-state index contributed by atoms with van der Waals surface area (Å²) in [6.45, 7) is 1.46. The van der Waals surface area contributed by atoms with Gasteiger partial charge in [0.2, 0.25) is 0 Å². The second-order valence-corrected chi connectivity index (χ2v) is 7.27. The minimum atomic E-state index is -4.48. The minimum absolute atomic E-state index is 0.0620. The highest BCUT2D eigenvalue weighted by Crippen LogP contribution is 2.23. The van der Waals surface area contributed by atoms with Gasteiger partial charge in [-0.2, -0.15) is 8.42 Å². The van der Waals surface area contributed by atoms with E-state index in [2.05, 4.69) is 0 Å². The Morgan fingerprint density at radius 1 is 1.22 bits per heavy atom. The Bertz CT molecular complexity index is 1130. The van der Waals surface area contributed by atoms with Gasteiger partial charge in [0.1, 0.15) is 5.58 Å². The molecule has 1 aromatic carbocycles. The number of hydrogen-bond donors (Lipinski definition) is 1. The summed E-state index contributed by atoms with van der Waals surface area (Å²) in [5, 5.41) is 0.553. The number of fused-ring (bicyclic) bond motifs is 1. The largest absolute Gasteiger partial charge is 0.422 e. The topological polar surface area (TPSA) is 148 Å². The quantitative estimate of drug-likeness (QED) is 0.443. The number of nitrogens with zero attached hydrogens (tertiary/aromatic N) is 1. The van der Waals surface area contributed by atoms with E-state index < -0.39 is 44.8 Å². The molecule has 0 unspecified atom stereocenters. The molecule has 0 spiro atoms. The molecule has 1 aromatic heterocycles. The van der Waals surface area contributed by atoms with E-state index in [1.165, 1.54) is 13.0 Å². The van der Waals surface area contributed by atoms with Crippen molar-refractivity contribution in [3.63, 3.8) is 0 Å². The zero-order valence-electron chi connectivity index (χ0n) is 13.9. The smallest absolute Gasteiger partial charge is 0.340 e. The average molecular weight is 395 g/mol. The number of hydroxylamine groups is 2. The van der Waals surface area contributed by atoms with Gasteiger partial charge in [0, 0.05) is 18.2 Å². The van der Waals surface area contributed by atoms with Crippen LogP contribution in [0.25, 0.3) is 11.0 Å². The van der Waals surface area contributed by atoms with E-state index in [0.717, 1.165) is 12.1 Å². The van der Waals surface area contributed by atoms with Crippen molar-refractivity contribution in [3.8, 4) is 0 Å². The van der Waals surface area contributed by atoms with E-state index in [0.29, 0.717) is 5.06 Å². The van der Waals surface area contributed by atoms with Gasteiger partial charge in [0.15, 0.2) is 0 Å². The number of carbonyl (C=O) groups is 3. The predicted molar refractivity (Wildman–Crippen MR) is 87.9 cm³/mol. The molecular formula is C16H13NO9S. The molecule has 2 heterocycles. The van der Waals surface area contributed by atoms with Crippen LogP contribution in [0.15, 0.2) is 32.3 Å². The molecular weight excluding hydrogens is 382 g/mol. The van der Waals surface area contributed by atoms with E-state index in [9.17, 15) is 27.6 Å². The lowest BCUT2D eigenvalue weighted by Gasteiger charge is -2.13. The van der Waals surface area contributed by atoms with Gasteiger partial charge in [0.05, 0.1) is 16.9 Å². The minimum Gasteiger partial charge on any atom is -0.422 e. The standard InChI is InChI=1S/C16H13NO9S/c1-8-10-6-9(27(22,23)24)2-3-12(10)25-16(21)11(8)7-15(20)26-17-13(18)4-5-14(17)19/h2-3,6H,4-5,7H2,1H3,(H,22,23,24). The molecule has 1 saturated heterocycles. The summed E-state index contributed by atoms with van der Waals surface area (Å²) >= 11 is 0. The monoisotopic (exact) mass is 395 g/mol. The van der Waals surface area contributed by atoms with Crippen LogP contribution in [0, 0.1) is 6.92 Å². The Hall–Kier alpha value is -3.05. The SMILES string of the molecule is Cc1c(CC(=O)ON2C(=O)CCC2=O)c(=O)oc2ccc(S(=O)(=O)O)cc12. The number of benzene rings is 1. The van der Waals surface area contributed by atoms with Gasteiger partial charge in [-0.05, 0) is 30.7 Å². The van der Waals surface area contributed by atoms with Crippen molar-refractivity contribution >= 4 is 38.9 Å². The Kier molecular flexibility index (Phi) is 4.57. The fourth-order valence-corrected chi connectivity index (χ4v) is 3.18. The number of rotatable bonds is 4. The van der Waals surface area contributed by atoms with Crippen LogP contribution in [0.3, 0.4) is 0 Å². The van der Waals surface area contributed by atoms with Crippen LogP contribution in [0.1, 0.15) is 24.0 Å². The summed E-state index contributed by atoms with van der Waals surface area (Å²) in [5.41, 5.74) is -0.676. The zero-order valence-corrected chi connectivity index (χ0v) is 14.7. The normalized spacial score (nSPS) is 14.8. The van der Waals surface area contributed by atoms with Crippen molar-refractivity contribution in [2.24, 2.45) is 0 Å². The lowest BCUT2D eigenvalue weighted by molar-refractivity contribution is -0.197. The first-order chi connectivity index (χ1) is 12.6. The van der Waals surface area contributed by atoms with Crippen molar-refractivity contribution in [2.45, 2.75) is 31.1 Å². The average Bonchev–Trinajstić information content (AvgIpc) is 2.89. The Morgan fingerprint density at radius 2 is 1.85 bits per heavy atom. The summed E-state index contributed by atoms with van der Waals surface area (Å²) in [5.74, 6) is -2.35. The van der Waals surface area contributed by atoms with E-state index in [-0.39, 0.29) is 34.9 Å². The third kappa shape index (κ3) is 3.59. The Balaban J connectivity index is 1.96. The summed E-state index contributed by atoms with van der Waals surface area (Å²) in [7, 11) is -4.48. The fraction of sp³-hybridized carbons (Fsp3) is 0.250. The van der Waals surface area contributed by atoms with Crippen molar-refractivity contribution in [1.29, 1.82) is 0 Å². The Morgan fingerprint density at radius 3 is 2.44 bits per heavy atom. The highest BCUT2D eigenvalue weighted by molar-refractivity contribution is 7.85. The molecule has 0 bridgehead atoms. The molecule has 2 aromatic rings. The Labute approximate surface area is 152 Å². The van der Waals surface area contributed by atoms with Crippen LogP contribution in [0.4, 0.5) is 0 Å². The number of aryl methyl sites for hydroxylation is 1. The van der Waals surface area contributed by atoms with Crippen molar-refractivity contribution < 1.29 is 36.6 Å². The number of amides is 2. The van der Waals surface area contributed by atoms with Gasteiger partial charge in [-0.15, -0.1) is 5.06 Å². The molecule has 142 valence electrons. The van der Waals surface area contributed by atoms with E-state index in [1.807, 2.05) is 0 Å². The maximum absolute atomic E-state index is 12.1. The zero-order chi connectivity index (χ0) is 19.9. The van der Waals surface area contributed by atoms with Gasteiger partial charge in [-0.1, -0.05) is 0 Å². The van der Waals surface area contributed by atoms with E-state index in [4.69, 9.17) is 13.8 Å². The number of carbonyl (C=O) groups excluding carboxylic acids is 3. The van der Waals surface area contributed by atoms with Gasteiger partial charge < -0.3 is 9.25 Å². The van der Waals surface area contributed by atoms with Crippen LogP contribution < -0.4 is 5.63 Å². The third-order valence-electron chi connectivity index (χ3n) is 4.07. The summed E-state index contributed by atoms with van der Waals surface area (Å²) in [6, 6.07) is 3.38. The molecule has 0 saturated carbocycles. The first-order valence-electron chi connectivity index (χ1n) is 7.68.